The van der Waals surface area contributed by atoms with Crippen molar-refractivity contribution in [1.29, 1.82) is 0 Å². The Labute approximate surface area is 150 Å². The van der Waals surface area contributed by atoms with Gasteiger partial charge in [0.15, 0.2) is 11.5 Å². The Morgan fingerprint density at radius 2 is 2.04 bits per heavy atom. The van der Waals surface area contributed by atoms with Gasteiger partial charge in [0.2, 0.25) is 0 Å². The van der Waals surface area contributed by atoms with E-state index >= 15 is 0 Å². The maximum Gasteiger partial charge on any atom is 0.328 e. The van der Waals surface area contributed by atoms with Crippen LogP contribution in [0, 0.1) is 0 Å². The number of amides is 2. The molecule has 0 radical (unpaired) electrons. The third-order valence-electron chi connectivity index (χ3n) is 3.33. The fraction of sp³-hybridized carbons (Fsp3) is 0.267. The Hall–Kier alpha value is -2.00. The summed E-state index contributed by atoms with van der Waals surface area (Å²) >= 11 is 3.96. The molecule has 128 valence electrons. The second-order valence-electron chi connectivity index (χ2n) is 4.80. The Bertz CT molecular complexity index is 748. The molecule has 1 aromatic rings. The zero-order valence-electron chi connectivity index (χ0n) is 13.0. The quantitative estimate of drug-likeness (QED) is 0.596. The van der Waals surface area contributed by atoms with Gasteiger partial charge in [-0.05, 0) is 36.9 Å². The van der Waals surface area contributed by atoms with E-state index in [2.05, 4.69) is 20.7 Å². The fourth-order valence-corrected chi connectivity index (χ4v) is 3.44. The topological polar surface area (TPSA) is 93.1 Å². The standard InChI is InChI=1S/C15H14BrNO6S/c1-7(14(20)23-3)17-13(19)11(24-15(17)21)5-8-4-9(16)6-10(22-2)12(8)18/h4-7,18H,1-3H3/b11-5-/t7-/m0/s1. The number of ether oxygens (including phenoxy) is 2. The van der Waals surface area contributed by atoms with E-state index in [9.17, 15) is 19.5 Å². The number of carbonyl (C=O) groups excluding carboxylic acids is 3. The summed E-state index contributed by atoms with van der Waals surface area (Å²) < 4.78 is 10.2. The number of benzene rings is 1. The summed E-state index contributed by atoms with van der Waals surface area (Å²) in [5, 5.41) is 9.57. The number of imide groups is 1. The number of phenolic OH excluding ortho intramolecular Hbond substituents is 1. The zero-order valence-corrected chi connectivity index (χ0v) is 15.4. The monoisotopic (exact) mass is 415 g/mol. The lowest BCUT2D eigenvalue weighted by molar-refractivity contribution is -0.148. The molecule has 1 aromatic carbocycles. The molecule has 1 fully saturated rings. The predicted octanol–water partition coefficient (Wildman–Crippen LogP) is 2.76. The number of esters is 1. The summed E-state index contributed by atoms with van der Waals surface area (Å²) in [6.07, 6.45) is 1.37. The van der Waals surface area contributed by atoms with E-state index in [0.717, 1.165) is 4.90 Å². The minimum Gasteiger partial charge on any atom is -0.504 e. The third kappa shape index (κ3) is 3.41. The maximum absolute atomic E-state index is 12.4. The van der Waals surface area contributed by atoms with E-state index in [0.29, 0.717) is 21.8 Å². The highest BCUT2D eigenvalue weighted by atomic mass is 79.9. The first-order valence-corrected chi connectivity index (χ1v) is 8.32. The number of thioether (sulfide) groups is 1. The van der Waals surface area contributed by atoms with Gasteiger partial charge in [0, 0.05) is 10.0 Å². The number of methoxy groups -OCH3 is 2. The smallest absolute Gasteiger partial charge is 0.328 e. The summed E-state index contributed by atoms with van der Waals surface area (Å²) in [5.41, 5.74) is 0.303. The Kier molecular flexibility index (Phi) is 5.55. The number of nitrogens with zero attached hydrogens (tertiary/aromatic N) is 1. The lowest BCUT2D eigenvalue weighted by Gasteiger charge is -2.18. The number of hydrogen-bond donors (Lipinski definition) is 1. The molecule has 1 N–H and O–H groups in total. The molecule has 1 saturated heterocycles. The summed E-state index contributed by atoms with van der Waals surface area (Å²) in [6.45, 7) is 1.41. The second-order valence-corrected chi connectivity index (χ2v) is 6.71. The molecule has 0 spiro atoms. The van der Waals surface area contributed by atoms with Crippen LogP contribution in [0.3, 0.4) is 0 Å². The van der Waals surface area contributed by atoms with Crippen LogP contribution in [0.1, 0.15) is 12.5 Å². The highest BCUT2D eigenvalue weighted by Gasteiger charge is 2.41. The van der Waals surface area contributed by atoms with Crippen molar-refractivity contribution < 1.29 is 29.0 Å². The van der Waals surface area contributed by atoms with Gasteiger partial charge in [0.25, 0.3) is 11.1 Å². The van der Waals surface area contributed by atoms with E-state index in [4.69, 9.17) is 4.74 Å². The van der Waals surface area contributed by atoms with E-state index in [1.165, 1.54) is 27.2 Å². The van der Waals surface area contributed by atoms with Crippen LogP contribution in [-0.2, 0) is 14.3 Å². The molecule has 2 rings (SSSR count). The molecule has 24 heavy (non-hydrogen) atoms. The number of halogens is 1. The average Bonchev–Trinajstić information content (AvgIpc) is 2.82. The summed E-state index contributed by atoms with van der Waals surface area (Å²) in [5.74, 6) is -1.25. The number of hydrogen-bond acceptors (Lipinski definition) is 7. The number of rotatable bonds is 4. The van der Waals surface area contributed by atoms with Crippen LogP contribution in [0.4, 0.5) is 4.79 Å². The molecule has 1 aliphatic rings. The molecule has 1 aliphatic heterocycles. The molecule has 0 saturated carbocycles. The van der Waals surface area contributed by atoms with Gasteiger partial charge in [-0.3, -0.25) is 14.5 Å². The van der Waals surface area contributed by atoms with Crippen molar-refractivity contribution in [2.75, 3.05) is 14.2 Å². The average molecular weight is 416 g/mol. The van der Waals surface area contributed by atoms with Crippen LogP contribution in [0.5, 0.6) is 11.5 Å². The lowest BCUT2D eigenvalue weighted by Crippen LogP contribution is -2.42. The van der Waals surface area contributed by atoms with Gasteiger partial charge in [0.1, 0.15) is 6.04 Å². The molecule has 9 heteroatoms. The Balaban J connectivity index is 2.39. The van der Waals surface area contributed by atoms with Gasteiger partial charge in [0.05, 0.1) is 19.1 Å². The summed E-state index contributed by atoms with van der Waals surface area (Å²) in [6, 6.07) is 2.12. The van der Waals surface area contributed by atoms with Crippen molar-refractivity contribution in [1.82, 2.24) is 4.90 Å². The summed E-state index contributed by atoms with van der Waals surface area (Å²) in [4.78, 5) is 37.0. The molecular formula is C15H14BrNO6S. The van der Waals surface area contributed by atoms with Crippen molar-refractivity contribution in [2.24, 2.45) is 0 Å². The second kappa shape index (κ2) is 7.27. The number of phenols is 1. The first-order valence-electron chi connectivity index (χ1n) is 6.71. The van der Waals surface area contributed by atoms with Crippen molar-refractivity contribution in [3.63, 3.8) is 0 Å². The van der Waals surface area contributed by atoms with Crippen LogP contribution < -0.4 is 4.74 Å². The van der Waals surface area contributed by atoms with Crippen LogP contribution >= 0.6 is 27.7 Å². The summed E-state index contributed by atoms with van der Waals surface area (Å²) in [7, 11) is 2.58. The first-order chi connectivity index (χ1) is 11.3. The molecule has 0 unspecified atom stereocenters. The van der Waals surface area contributed by atoms with Crippen molar-refractivity contribution >= 4 is 50.9 Å². The minimum atomic E-state index is -1.03. The lowest BCUT2D eigenvalue weighted by atomic mass is 10.1. The normalized spacial score (nSPS) is 17.3. The molecule has 0 bridgehead atoms. The van der Waals surface area contributed by atoms with Gasteiger partial charge >= 0.3 is 5.97 Å². The Morgan fingerprint density at radius 1 is 1.38 bits per heavy atom. The van der Waals surface area contributed by atoms with Gasteiger partial charge in [-0.15, -0.1) is 0 Å². The van der Waals surface area contributed by atoms with Crippen LogP contribution in [-0.4, -0.2) is 47.4 Å². The molecule has 2 amide bonds. The van der Waals surface area contributed by atoms with Crippen LogP contribution in [0.15, 0.2) is 21.5 Å². The number of carbonyl (C=O) groups is 3. The highest BCUT2D eigenvalue weighted by Crippen LogP contribution is 2.39. The van der Waals surface area contributed by atoms with Gasteiger partial charge in [-0.1, -0.05) is 15.9 Å². The van der Waals surface area contributed by atoms with E-state index in [1.54, 1.807) is 12.1 Å². The van der Waals surface area contributed by atoms with Gasteiger partial charge in [-0.25, -0.2) is 4.79 Å². The van der Waals surface area contributed by atoms with E-state index in [-0.39, 0.29) is 16.4 Å². The highest BCUT2D eigenvalue weighted by molar-refractivity contribution is 9.10. The predicted molar refractivity (Wildman–Crippen MR) is 91.6 cm³/mol. The maximum atomic E-state index is 12.4. The van der Waals surface area contributed by atoms with Gasteiger partial charge in [-0.2, -0.15) is 0 Å². The van der Waals surface area contributed by atoms with Crippen molar-refractivity contribution in [2.45, 2.75) is 13.0 Å². The third-order valence-corrected chi connectivity index (χ3v) is 4.67. The van der Waals surface area contributed by atoms with Crippen molar-refractivity contribution in [3.8, 4) is 11.5 Å². The fourth-order valence-electron chi connectivity index (χ4n) is 2.09. The zero-order chi connectivity index (χ0) is 18.0. The van der Waals surface area contributed by atoms with E-state index < -0.39 is 23.2 Å². The largest absolute Gasteiger partial charge is 0.504 e. The molecule has 0 aliphatic carbocycles. The van der Waals surface area contributed by atoms with Crippen molar-refractivity contribution in [3.05, 3.63) is 27.1 Å². The van der Waals surface area contributed by atoms with Crippen LogP contribution in [0.25, 0.3) is 6.08 Å². The van der Waals surface area contributed by atoms with E-state index in [1.807, 2.05) is 0 Å². The molecule has 1 heterocycles. The van der Waals surface area contributed by atoms with Gasteiger partial charge < -0.3 is 14.6 Å². The minimum absolute atomic E-state index is 0.0891. The number of aromatic hydroxyl groups is 1. The molecule has 7 nitrogen and oxygen atoms in total. The molecule has 0 aromatic heterocycles. The van der Waals surface area contributed by atoms with Crippen LogP contribution in [0.2, 0.25) is 0 Å². The first kappa shape index (κ1) is 18.3. The SMILES string of the molecule is COC(=O)[C@H](C)N1C(=O)S/C(=C\c2cc(Br)cc(OC)c2O)C1=O. The molecule has 1 atom stereocenters. The molecular weight excluding hydrogens is 402 g/mol. The Morgan fingerprint density at radius 3 is 2.62 bits per heavy atom.